The van der Waals surface area contributed by atoms with E-state index >= 15 is 0 Å². The summed E-state index contributed by atoms with van der Waals surface area (Å²) >= 11 is 1.07. The fraction of sp³-hybridized carbons (Fsp3) is 0.429. The van der Waals surface area contributed by atoms with Gasteiger partial charge in [-0.05, 0) is 54.2 Å². The molecule has 2 aromatic carbocycles. The molecule has 16 heteroatoms. The first-order chi connectivity index (χ1) is 21.0. The highest BCUT2D eigenvalue weighted by Crippen LogP contribution is 2.31. The molecule has 2 aromatic rings. The summed E-state index contributed by atoms with van der Waals surface area (Å²) in [5.74, 6) is -0.315. The normalized spacial score (nSPS) is 19.3. The van der Waals surface area contributed by atoms with Gasteiger partial charge in [-0.3, -0.25) is 34.7 Å². The third kappa shape index (κ3) is 8.65. The SMILES string of the molecule is CC(=O)S[C@H]1C[C@@H](C(=O)N2CC[C@H](CNC(=O)OCc3ccc([N+](=O)[O-])cc3)C2)N(C(=O)OCc2ccc([N+](=O)[O-])cc2)C1. The lowest BCUT2D eigenvalue weighted by atomic mass is 10.1. The van der Waals surface area contributed by atoms with Crippen LogP contribution >= 0.6 is 11.8 Å². The number of nitrogens with zero attached hydrogens (tertiary/aromatic N) is 4. The molecule has 15 nitrogen and oxygen atoms in total. The van der Waals surface area contributed by atoms with Crippen molar-refractivity contribution in [3.63, 3.8) is 0 Å². The second kappa shape index (κ2) is 14.6. The van der Waals surface area contributed by atoms with Gasteiger partial charge in [-0.1, -0.05) is 11.8 Å². The Morgan fingerprint density at radius 3 is 2.02 bits per heavy atom. The van der Waals surface area contributed by atoms with Crippen LogP contribution in [0.25, 0.3) is 0 Å². The number of hydrogen-bond donors (Lipinski definition) is 1. The van der Waals surface area contributed by atoms with E-state index in [1.165, 1.54) is 60.4 Å². The highest BCUT2D eigenvalue weighted by atomic mass is 32.2. The highest BCUT2D eigenvalue weighted by Gasteiger charge is 2.44. The van der Waals surface area contributed by atoms with Gasteiger partial charge in [0.2, 0.25) is 5.91 Å². The Morgan fingerprint density at radius 1 is 0.909 bits per heavy atom. The smallest absolute Gasteiger partial charge is 0.410 e. The maximum absolute atomic E-state index is 13.5. The van der Waals surface area contributed by atoms with Crippen LogP contribution in [0.5, 0.6) is 0 Å². The van der Waals surface area contributed by atoms with Crippen molar-refractivity contribution in [3.8, 4) is 0 Å². The highest BCUT2D eigenvalue weighted by molar-refractivity contribution is 8.14. The molecule has 0 saturated carbocycles. The predicted octanol–water partition coefficient (Wildman–Crippen LogP) is 3.64. The number of carbonyl (C=O) groups is 4. The summed E-state index contributed by atoms with van der Waals surface area (Å²) < 4.78 is 10.6. The lowest BCUT2D eigenvalue weighted by Crippen LogP contribution is -2.47. The Morgan fingerprint density at radius 2 is 1.48 bits per heavy atom. The van der Waals surface area contributed by atoms with E-state index in [-0.39, 0.29) is 66.3 Å². The van der Waals surface area contributed by atoms with E-state index in [2.05, 4.69) is 5.32 Å². The van der Waals surface area contributed by atoms with Gasteiger partial charge < -0.3 is 19.7 Å². The number of nitro groups is 2. The number of amides is 3. The molecule has 2 aliphatic heterocycles. The second-order valence-electron chi connectivity index (χ2n) is 10.4. The van der Waals surface area contributed by atoms with Crippen LogP contribution in [0.3, 0.4) is 0 Å². The molecule has 0 spiro atoms. The van der Waals surface area contributed by atoms with Crippen LogP contribution in [-0.2, 0) is 32.3 Å². The number of ether oxygens (including phenoxy) is 2. The third-order valence-corrected chi connectivity index (χ3v) is 8.28. The maximum atomic E-state index is 13.5. The molecule has 0 radical (unpaired) electrons. The summed E-state index contributed by atoms with van der Waals surface area (Å²) in [5.41, 5.74) is 0.984. The van der Waals surface area contributed by atoms with E-state index in [9.17, 15) is 39.4 Å². The van der Waals surface area contributed by atoms with E-state index in [1.807, 2.05) is 0 Å². The molecule has 2 heterocycles. The molecule has 2 fully saturated rings. The monoisotopic (exact) mass is 629 g/mol. The maximum Gasteiger partial charge on any atom is 0.410 e. The first-order valence-electron chi connectivity index (χ1n) is 13.8. The number of carbonyl (C=O) groups excluding carboxylic acids is 4. The molecular formula is C28H31N5O10S. The Labute approximate surface area is 256 Å². The summed E-state index contributed by atoms with van der Waals surface area (Å²) in [7, 11) is 0. The molecule has 2 saturated heterocycles. The molecule has 3 amide bonds. The number of thioether (sulfide) groups is 1. The van der Waals surface area contributed by atoms with Crippen molar-refractivity contribution in [2.45, 2.75) is 44.3 Å². The van der Waals surface area contributed by atoms with Crippen LogP contribution in [0.1, 0.15) is 30.9 Å². The fourth-order valence-electron chi connectivity index (χ4n) is 5.05. The van der Waals surface area contributed by atoms with Crippen LogP contribution in [0.4, 0.5) is 21.0 Å². The van der Waals surface area contributed by atoms with Gasteiger partial charge in [0.25, 0.3) is 11.4 Å². The van der Waals surface area contributed by atoms with Gasteiger partial charge in [-0.2, -0.15) is 0 Å². The predicted molar refractivity (Wildman–Crippen MR) is 156 cm³/mol. The van der Waals surface area contributed by atoms with E-state index in [4.69, 9.17) is 9.47 Å². The molecule has 4 rings (SSSR count). The second-order valence-corrected chi connectivity index (χ2v) is 11.9. The first kappa shape index (κ1) is 32.2. The molecule has 2 aliphatic rings. The summed E-state index contributed by atoms with van der Waals surface area (Å²) in [6.07, 6.45) is -0.474. The van der Waals surface area contributed by atoms with Crippen LogP contribution in [0.2, 0.25) is 0 Å². The summed E-state index contributed by atoms with van der Waals surface area (Å²) in [6, 6.07) is 10.4. The van der Waals surface area contributed by atoms with Crippen LogP contribution in [-0.4, -0.2) is 80.3 Å². The molecule has 44 heavy (non-hydrogen) atoms. The molecule has 3 atom stereocenters. The molecule has 0 bridgehead atoms. The van der Waals surface area contributed by atoms with Crippen molar-refractivity contribution in [2.24, 2.45) is 5.92 Å². The van der Waals surface area contributed by atoms with Gasteiger partial charge >= 0.3 is 12.2 Å². The molecule has 234 valence electrons. The number of likely N-dealkylation sites (tertiary alicyclic amines) is 2. The number of hydrogen-bond acceptors (Lipinski definition) is 11. The fourth-order valence-corrected chi connectivity index (χ4v) is 6.03. The minimum Gasteiger partial charge on any atom is -0.445 e. The largest absolute Gasteiger partial charge is 0.445 e. The Bertz CT molecular complexity index is 1400. The minimum atomic E-state index is -0.824. The van der Waals surface area contributed by atoms with Crippen LogP contribution < -0.4 is 5.32 Å². The molecule has 0 aromatic heterocycles. The van der Waals surface area contributed by atoms with Crippen molar-refractivity contribution in [2.75, 3.05) is 26.2 Å². The third-order valence-electron chi connectivity index (χ3n) is 7.27. The molecular weight excluding hydrogens is 598 g/mol. The Kier molecular flexibility index (Phi) is 10.7. The lowest BCUT2D eigenvalue weighted by molar-refractivity contribution is -0.385. The summed E-state index contributed by atoms with van der Waals surface area (Å²) in [4.78, 5) is 74.1. The van der Waals surface area contributed by atoms with Crippen molar-refractivity contribution >= 4 is 46.3 Å². The number of rotatable bonds is 10. The molecule has 0 aliphatic carbocycles. The Balaban J connectivity index is 1.27. The van der Waals surface area contributed by atoms with Crippen LogP contribution in [0.15, 0.2) is 48.5 Å². The van der Waals surface area contributed by atoms with Gasteiger partial charge in [-0.15, -0.1) is 0 Å². The van der Waals surface area contributed by atoms with Gasteiger partial charge in [0.1, 0.15) is 19.3 Å². The van der Waals surface area contributed by atoms with Crippen molar-refractivity contribution < 1.29 is 38.5 Å². The zero-order valence-corrected chi connectivity index (χ0v) is 24.6. The summed E-state index contributed by atoms with van der Waals surface area (Å²) in [6.45, 7) is 2.42. The number of non-ortho nitro benzene ring substituents is 2. The number of nitrogens with one attached hydrogen (secondary N) is 1. The topological polar surface area (TPSA) is 192 Å². The van der Waals surface area contributed by atoms with E-state index in [0.29, 0.717) is 30.6 Å². The lowest BCUT2D eigenvalue weighted by Gasteiger charge is -2.27. The number of alkyl carbamates (subject to hydrolysis) is 1. The van der Waals surface area contributed by atoms with E-state index in [1.54, 1.807) is 4.90 Å². The molecule has 1 N–H and O–H groups in total. The van der Waals surface area contributed by atoms with Crippen molar-refractivity contribution in [3.05, 3.63) is 79.9 Å². The quantitative estimate of drug-likeness (QED) is 0.298. The van der Waals surface area contributed by atoms with Gasteiger partial charge in [0.05, 0.1) is 9.85 Å². The standard InChI is InChI=1S/C28H31N5O10S/c1-18(34)44-24-12-25(31(15-24)28(37)43-17-20-4-8-23(9-5-20)33(40)41)26(35)30-11-10-21(14-30)13-29-27(36)42-16-19-2-6-22(7-3-19)32(38)39/h2-9,21,24-25H,10-17H2,1H3,(H,29,36)/t21-,24+,25+/m1/s1. The van der Waals surface area contributed by atoms with Gasteiger partial charge in [0, 0.05) is 62.6 Å². The molecule has 0 unspecified atom stereocenters. The van der Waals surface area contributed by atoms with Gasteiger partial charge in [-0.25, -0.2) is 9.59 Å². The summed E-state index contributed by atoms with van der Waals surface area (Å²) in [5, 5.41) is 23.9. The van der Waals surface area contributed by atoms with E-state index in [0.717, 1.165) is 11.8 Å². The van der Waals surface area contributed by atoms with Crippen LogP contribution in [0, 0.1) is 26.1 Å². The van der Waals surface area contributed by atoms with Crippen molar-refractivity contribution in [1.29, 1.82) is 0 Å². The average Bonchev–Trinajstić information content (AvgIpc) is 3.65. The average molecular weight is 630 g/mol. The number of nitro benzene ring substituents is 2. The minimum absolute atomic E-state index is 0.0443. The Hall–Kier alpha value is -4.73. The van der Waals surface area contributed by atoms with E-state index < -0.39 is 28.1 Å². The zero-order valence-electron chi connectivity index (χ0n) is 23.8. The van der Waals surface area contributed by atoms with Gasteiger partial charge in [0.15, 0.2) is 5.12 Å². The number of benzene rings is 2. The first-order valence-corrected chi connectivity index (χ1v) is 14.6. The zero-order chi connectivity index (χ0) is 31.8. The van der Waals surface area contributed by atoms with Crippen molar-refractivity contribution in [1.82, 2.24) is 15.1 Å².